The molecule has 0 fully saturated rings. The van der Waals surface area contributed by atoms with E-state index in [4.69, 9.17) is 20.9 Å². The number of aromatic nitrogens is 2. The lowest BCUT2D eigenvalue weighted by Gasteiger charge is -2.16. The summed E-state index contributed by atoms with van der Waals surface area (Å²) in [6.07, 6.45) is 0. The number of amides is 1. The number of nitrogens with zero attached hydrogens (tertiary/aromatic N) is 3. The molecule has 0 radical (unpaired) electrons. The largest absolute Gasteiger partial charge is 0.497 e. The third kappa shape index (κ3) is 5.15. The van der Waals surface area contributed by atoms with Gasteiger partial charge in [-0.3, -0.25) is 4.79 Å². The molecular weight excluding hydrogens is 432 g/mol. The van der Waals surface area contributed by atoms with Crippen molar-refractivity contribution < 1.29 is 22.5 Å². The van der Waals surface area contributed by atoms with Crippen molar-refractivity contribution in [3.05, 3.63) is 59.4 Å². The van der Waals surface area contributed by atoms with E-state index in [-0.39, 0.29) is 23.9 Å². The number of hydrogen-bond acceptors (Lipinski definition) is 7. The molecule has 2 aromatic carbocycles. The van der Waals surface area contributed by atoms with Gasteiger partial charge in [-0.15, -0.1) is 0 Å². The fourth-order valence-electron chi connectivity index (χ4n) is 2.51. The van der Waals surface area contributed by atoms with Crippen molar-refractivity contribution in [1.29, 1.82) is 0 Å². The van der Waals surface area contributed by atoms with Crippen LogP contribution < -0.4 is 10.1 Å². The van der Waals surface area contributed by atoms with Crippen LogP contribution in [0.2, 0.25) is 5.02 Å². The average Bonchev–Trinajstić information content (AvgIpc) is 3.22. The van der Waals surface area contributed by atoms with Crippen molar-refractivity contribution in [2.24, 2.45) is 0 Å². The number of benzene rings is 2. The van der Waals surface area contributed by atoms with Crippen LogP contribution in [0.3, 0.4) is 0 Å². The van der Waals surface area contributed by atoms with E-state index < -0.39 is 15.9 Å². The van der Waals surface area contributed by atoms with Gasteiger partial charge in [0, 0.05) is 17.6 Å². The number of carbonyl (C=O) groups excluding carboxylic acids is 1. The van der Waals surface area contributed by atoms with Gasteiger partial charge in [0.2, 0.25) is 27.6 Å². The van der Waals surface area contributed by atoms with Gasteiger partial charge in [-0.25, -0.2) is 8.42 Å². The minimum atomic E-state index is -3.82. The minimum absolute atomic E-state index is 0.0371. The molecule has 1 heterocycles. The zero-order chi connectivity index (χ0) is 21.7. The zero-order valence-corrected chi connectivity index (χ0v) is 17.8. The van der Waals surface area contributed by atoms with E-state index in [1.54, 1.807) is 31.4 Å². The Hall–Kier alpha value is -2.95. The number of ether oxygens (including phenoxy) is 1. The number of methoxy groups -OCH3 is 1. The van der Waals surface area contributed by atoms with Gasteiger partial charge in [0.05, 0.1) is 25.1 Å². The summed E-state index contributed by atoms with van der Waals surface area (Å²) in [4.78, 5) is 16.4. The maximum atomic E-state index is 12.5. The Kier molecular flexibility index (Phi) is 6.70. The van der Waals surface area contributed by atoms with Crippen molar-refractivity contribution in [1.82, 2.24) is 19.8 Å². The Morgan fingerprint density at radius 3 is 2.67 bits per heavy atom. The Morgan fingerprint density at radius 2 is 1.97 bits per heavy atom. The summed E-state index contributed by atoms with van der Waals surface area (Å²) in [6.45, 7) is -0.410. The number of nitrogens with one attached hydrogen (secondary N) is 1. The lowest BCUT2D eigenvalue weighted by atomic mass is 10.2. The van der Waals surface area contributed by atoms with Crippen LogP contribution in [0.4, 0.5) is 0 Å². The Morgan fingerprint density at radius 1 is 1.23 bits per heavy atom. The zero-order valence-electron chi connectivity index (χ0n) is 16.2. The molecule has 0 unspecified atom stereocenters. The Bertz CT molecular complexity index is 1130. The van der Waals surface area contributed by atoms with Gasteiger partial charge in [0.25, 0.3) is 0 Å². The highest BCUT2D eigenvalue weighted by molar-refractivity contribution is 7.89. The quantitative estimate of drug-likeness (QED) is 0.560. The second-order valence-electron chi connectivity index (χ2n) is 6.24. The maximum absolute atomic E-state index is 12.5. The van der Waals surface area contributed by atoms with Gasteiger partial charge < -0.3 is 14.6 Å². The van der Waals surface area contributed by atoms with E-state index in [0.29, 0.717) is 22.2 Å². The first kappa shape index (κ1) is 21.8. The Labute approximate surface area is 178 Å². The van der Waals surface area contributed by atoms with Crippen molar-refractivity contribution in [2.75, 3.05) is 20.7 Å². The van der Waals surface area contributed by atoms with E-state index in [2.05, 4.69) is 15.5 Å². The fourth-order valence-corrected chi connectivity index (χ4v) is 3.76. The first-order valence-corrected chi connectivity index (χ1v) is 10.6. The third-order valence-corrected chi connectivity index (χ3v) is 6.19. The molecule has 0 bridgehead atoms. The van der Waals surface area contributed by atoms with Crippen LogP contribution in [-0.2, 0) is 21.4 Å². The molecule has 0 aliphatic rings. The number of sulfonamides is 1. The summed E-state index contributed by atoms with van der Waals surface area (Å²) in [5, 5.41) is 6.86. The predicted octanol–water partition coefficient (Wildman–Crippen LogP) is 2.34. The van der Waals surface area contributed by atoms with E-state index in [1.165, 1.54) is 31.3 Å². The normalized spacial score (nSPS) is 11.5. The lowest BCUT2D eigenvalue weighted by molar-refractivity contribution is -0.121. The van der Waals surface area contributed by atoms with Gasteiger partial charge in [0.1, 0.15) is 5.75 Å². The van der Waals surface area contributed by atoms with Crippen LogP contribution in [0.25, 0.3) is 11.4 Å². The van der Waals surface area contributed by atoms with Gasteiger partial charge in [0.15, 0.2) is 0 Å². The summed E-state index contributed by atoms with van der Waals surface area (Å²) in [5.74, 6) is 0.665. The molecule has 0 aliphatic carbocycles. The highest BCUT2D eigenvalue weighted by atomic mass is 35.5. The molecule has 1 N–H and O–H groups in total. The van der Waals surface area contributed by atoms with Gasteiger partial charge in [-0.1, -0.05) is 28.9 Å². The first-order valence-electron chi connectivity index (χ1n) is 8.75. The highest BCUT2D eigenvalue weighted by Gasteiger charge is 2.23. The molecule has 0 aliphatic heterocycles. The number of hydrogen-bond donors (Lipinski definition) is 1. The summed E-state index contributed by atoms with van der Waals surface area (Å²) >= 11 is 5.78. The van der Waals surface area contributed by atoms with E-state index in [0.717, 1.165) is 4.31 Å². The molecule has 1 aromatic heterocycles. The van der Waals surface area contributed by atoms with Gasteiger partial charge in [-0.05, 0) is 36.4 Å². The van der Waals surface area contributed by atoms with Crippen molar-refractivity contribution in [3.8, 4) is 17.1 Å². The van der Waals surface area contributed by atoms with Crippen LogP contribution in [0.15, 0.2) is 57.9 Å². The number of likely N-dealkylation sites (N-methyl/N-ethyl adjacent to an activating group) is 1. The minimum Gasteiger partial charge on any atom is -0.497 e. The molecule has 0 spiro atoms. The van der Waals surface area contributed by atoms with E-state index >= 15 is 0 Å². The fraction of sp³-hybridized carbons (Fsp3) is 0.211. The molecule has 3 aromatic rings. The summed E-state index contributed by atoms with van der Waals surface area (Å²) in [5.41, 5.74) is 0.699. The summed E-state index contributed by atoms with van der Waals surface area (Å²) in [6, 6.07) is 12.8. The van der Waals surface area contributed by atoms with Crippen LogP contribution in [0, 0.1) is 0 Å². The highest BCUT2D eigenvalue weighted by Crippen LogP contribution is 2.21. The smallest absolute Gasteiger partial charge is 0.246 e. The Balaban J connectivity index is 1.58. The van der Waals surface area contributed by atoms with Gasteiger partial charge in [-0.2, -0.15) is 9.29 Å². The monoisotopic (exact) mass is 450 g/mol. The number of rotatable bonds is 8. The third-order valence-electron chi connectivity index (χ3n) is 4.12. The lowest BCUT2D eigenvalue weighted by Crippen LogP contribution is -2.38. The number of carbonyl (C=O) groups is 1. The van der Waals surface area contributed by atoms with Crippen LogP contribution in [0.5, 0.6) is 5.75 Å². The topological polar surface area (TPSA) is 115 Å². The van der Waals surface area contributed by atoms with Crippen molar-refractivity contribution in [2.45, 2.75) is 11.4 Å². The first-order chi connectivity index (χ1) is 14.3. The average molecular weight is 451 g/mol. The predicted molar refractivity (Wildman–Crippen MR) is 109 cm³/mol. The molecule has 9 nitrogen and oxygen atoms in total. The van der Waals surface area contributed by atoms with Crippen molar-refractivity contribution >= 4 is 27.5 Å². The molecule has 3 rings (SSSR count). The second-order valence-corrected chi connectivity index (χ2v) is 8.72. The van der Waals surface area contributed by atoms with Crippen LogP contribution >= 0.6 is 11.6 Å². The van der Waals surface area contributed by atoms with Gasteiger partial charge >= 0.3 is 0 Å². The molecule has 11 heteroatoms. The molecule has 0 saturated carbocycles. The van der Waals surface area contributed by atoms with E-state index in [9.17, 15) is 13.2 Å². The number of halogens is 1. The molecule has 0 atom stereocenters. The molecule has 158 valence electrons. The summed E-state index contributed by atoms with van der Waals surface area (Å²) in [7, 11) is -0.949. The van der Waals surface area contributed by atoms with Crippen LogP contribution in [0.1, 0.15) is 5.89 Å². The SMILES string of the molecule is COc1cccc(-c2noc(CNC(=O)CN(C)S(=O)(=O)c3ccc(Cl)cc3)n2)c1. The molecule has 30 heavy (non-hydrogen) atoms. The summed E-state index contributed by atoms with van der Waals surface area (Å²) < 4.78 is 36.3. The van der Waals surface area contributed by atoms with Crippen molar-refractivity contribution in [3.63, 3.8) is 0 Å². The maximum Gasteiger partial charge on any atom is 0.246 e. The molecular formula is C19H19ClN4O5S. The standard InChI is InChI=1S/C19H19ClN4O5S/c1-24(30(26,27)16-8-6-14(20)7-9-16)12-17(25)21-11-18-22-19(23-29-18)13-4-3-5-15(10-13)28-2/h3-10H,11-12H2,1-2H3,(H,21,25). The van der Waals surface area contributed by atoms with Crippen LogP contribution in [-0.4, -0.2) is 49.5 Å². The molecule has 1 amide bonds. The molecule has 0 saturated heterocycles. The van der Waals surface area contributed by atoms with E-state index in [1.807, 2.05) is 0 Å². The second kappa shape index (κ2) is 9.24.